The molecule has 152 valence electrons. The lowest BCUT2D eigenvalue weighted by Gasteiger charge is -2.34. The Morgan fingerprint density at radius 2 is 2.00 bits per heavy atom. The van der Waals surface area contributed by atoms with Crippen molar-refractivity contribution in [3.05, 3.63) is 47.8 Å². The molecule has 2 aromatic rings. The molecule has 1 atom stereocenters. The van der Waals surface area contributed by atoms with Crippen LogP contribution in [-0.4, -0.2) is 56.1 Å². The molecule has 1 aliphatic rings. The van der Waals surface area contributed by atoms with Crippen LogP contribution in [0.25, 0.3) is 0 Å². The molecule has 1 amide bonds. The van der Waals surface area contributed by atoms with Crippen LogP contribution in [-0.2, 0) is 24.8 Å². The summed E-state index contributed by atoms with van der Waals surface area (Å²) in [4.78, 5) is 17.3. The fourth-order valence-corrected chi connectivity index (χ4v) is 3.85. The summed E-state index contributed by atoms with van der Waals surface area (Å²) in [6, 6.07) is 7.01. The Kier molecular flexibility index (Phi) is 6.78. The summed E-state index contributed by atoms with van der Waals surface area (Å²) in [6.45, 7) is 7.64. The Bertz CT molecular complexity index is 773. The summed E-state index contributed by atoms with van der Waals surface area (Å²) < 4.78 is 15.1. The van der Waals surface area contributed by atoms with E-state index in [2.05, 4.69) is 28.9 Å². The van der Waals surface area contributed by atoms with Gasteiger partial charge in [-0.15, -0.1) is 10.2 Å². The predicted molar refractivity (Wildman–Crippen MR) is 106 cm³/mol. The second-order valence-corrected chi connectivity index (χ2v) is 7.96. The van der Waals surface area contributed by atoms with Gasteiger partial charge in [0.2, 0.25) is 5.91 Å². The molecule has 1 saturated heterocycles. The Morgan fingerprint density at radius 3 is 2.64 bits per heavy atom. The Morgan fingerprint density at radius 1 is 1.25 bits per heavy atom. The molecule has 0 unspecified atom stereocenters. The minimum atomic E-state index is -0.209. The van der Waals surface area contributed by atoms with Gasteiger partial charge in [0.15, 0.2) is 0 Å². The number of halogens is 1. The largest absolute Gasteiger partial charge is 0.341 e. The van der Waals surface area contributed by atoms with E-state index in [0.29, 0.717) is 18.8 Å². The molecule has 28 heavy (non-hydrogen) atoms. The molecule has 2 heterocycles. The molecular weight excluding hydrogens is 357 g/mol. The number of benzene rings is 1. The topological polar surface area (TPSA) is 54.3 Å². The molecule has 0 radical (unpaired) electrons. The summed E-state index contributed by atoms with van der Waals surface area (Å²) in [5.41, 5.74) is 1.11. The molecule has 0 spiro atoms. The summed E-state index contributed by atoms with van der Waals surface area (Å²) in [5.74, 6) is 1.23. The van der Waals surface area contributed by atoms with Crippen LogP contribution in [0.1, 0.15) is 38.1 Å². The summed E-state index contributed by atoms with van der Waals surface area (Å²) in [5, 5.41) is 7.94. The van der Waals surface area contributed by atoms with Crippen LogP contribution in [0.5, 0.6) is 0 Å². The van der Waals surface area contributed by atoms with E-state index in [1.165, 1.54) is 12.1 Å². The monoisotopic (exact) mass is 387 g/mol. The van der Waals surface area contributed by atoms with Crippen molar-refractivity contribution in [3.8, 4) is 0 Å². The number of amides is 1. The molecule has 1 aromatic carbocycles. The van der Waals surface area contributed by atoms with E-state index in [4.69, 9.17) is 0 Å². The van der Waals surface area contributed by atoms with Crippen LogP contribution in [0, 0.1) is 11.7 Å². The van der Waals surface area contributed by atoms with Gasteiger partial charge in [-0.05, 0) is 30.0 Å². The number of hydrogen-bond acceptors (Lipinski definition) is 4. The predicted octanol–water partition coefficient (Wildman–Crippen LogP) is 2.65. The molecular formula is C21H30FN5O. The van der Waals surface area contributed by atoms with E-state index < -0.39 is 0 Å². The number of hydrogen-bond donors (Lipinski definition) is 0. The van der Waals surface area contributed by atoms with Gasteiger partial charge < -0.3 is 9.47 Å². The number of aromatic nitrogens is 3. The smallest absolute Gasteiger partial charge is 0.223 e. The van der Waals surface area contributed by atoms with Crippen molar-refractivity contribution in [2.24, 2.45) is 13.0 Å². The molecule has 0 aliphatic carbocycles. The van der Waals surface area contributed by atoms with Gasteiger partial charge in [-0.1, -0.05) is 26.0 Å². The maximum absolute atomic E-state index is 13.2. The van der Waals surface area contributed by atoms with Crippen molar-refractivity contribution in [2.75, 3.05) is 19.6 Å². The van der Waals surface area contributed by atoms with Crippen molar-refractivity contribution < 1.29 is 9.18 Å². The zero-order chi connectivity index (χ0) is 20.1. The van der Waals surface area contributed by atoms with Crippen molar-refractivity contribution in [1.82, 2.24) is 24.6 Å². The second-order valence-electron chi connectivity index (χ2n) is 7.96. The summed E-state index contributed by atoms with van der Waals surface area (Å²) >= 11 is 0. The van der Waals surface area contributed by atoms with Gasteiger partial charge in [0.25, 0.3) is 0 Å². The van der Waals surface area contributed by atoms with Crippen molar-refractivity contribution >= 4 is 5.91 Å². The Labute approximate surface area is 166 Å². The van der Waals surface area contributed by atoms with Crippen LogP contribution in [0.2, 0.25) is 0 Å². The first-order chi connectivity index (χ1) is 13.4. The SMILES string of the molecule is CC(C)[C@@H]1CN(C(=O)CCc2nncn2C)CCCN1Cc1ccc(F)cc1. The molecule has 6 nitrogen and oxygen atoms in total. The fourth-order valence-electron chi connectivity index (χ4n) is 3.85. The van der Waals surface area contributed by atoms with Gasteiger partial charge in [-0.2, -0.15) is 0 Å². The van der Waals surface area contributed by atoms with Crippen LogP contribution < -0.4 is 0 Å². The lowest BCUT2D eigenvalue weighted by Crippen LogP contribution is -2.45. The fraction of sp³-hybridized carbons (Fsp3) is 0.571. The van der Waals surface area contributed by atoms with E-state index >= 15 is 0 Å². The highest BCUT2D eigenvalue weighted by atomic mass is 19.1. The van der Waals surface area contributed by atoms with Crippen molar-refractivity contribution in [1.29, 1.82) is 0 Å². The van der Waals surface area contributed by atoms with Crippen LogP contribution >= 0.6 is 0 Å². The van der Waals surface area contributed by atoms with Gasteiger partial charge in [0, 0.05) is 52.1 Å². The van der Waals surface area contributed by atoms with Gasteiger partial charge in [-0.25, -0.2) is 4.39 Å². The van der Waals surface area contributed by atoms with Crippen molar-refractivity contribution in [3.63, 3.8) is 0 Å². The molecule has 1 fully saturated rings. The van der Waals surface area contributed by atoms with Crippen molar-refractivity contribution in [2.45, 2.75) is 45.7 Å². The maximum Gasteiger partial charge on any atom is 0.223 e. The average Bonchev–Trinajstić information content (AvgIpc) is 2.95. The molecule has 0 saturated carbocycles. The van der Waals surface area contributed by atoms with Gasteiger partial charge in [-0.3, -0.25) is 9.69 Å². The summed E-state index contributed by atoms with van der Waals surface area (Å²) in [7, 11) is 1.90. The number of rotatable bonds is 6. The molecule has 1 aliphatic heterocycles. The molecule has 0 bridgehead atoms. The quantitative estimate of drug-likeness (QED) is 0.765. The van der Waals surface area contributed by atoms with E-state index in [1.807, 2.05) is 28.6 Å². The molecule has 0 N–H and O–H groups in total. The van der Waals surface area contributed by atoms with Crippen LogP contribution in [0.4, 0.5) is 4.39 Å². The maximum atomic E-state index is 13.2. The molecule has 7 heteroatoms. The summed E-state index contributed by atoms with van der Waals surface area (Å²) in [6.07, 6.45) is 3.67. The standard InChI is InChI=1S/C21H30FN5O/c1-16(2)19-14-27(21(28)10-9-20-24-23-15-25(20)3)12-4-11-26(19)13-17-5-7-18(22)8-6-17/h5-8,15-16,19H,4,9-14H2,1-3H3/t19-/m0/s1. The lowest BCUT2D eigenvalue weighted by atomic mass is 10.0. The average molecular weight is 388 g/mol. The molecule has 1 aromatic heterocycles. The van der Waals surface area contributed by atoms with E-state index in [9.17, 15) is 9.18 Å². The number of carbonyl (C=O) groups is 1. The highest BCUT2D eigenvalue weighted by Gasteiger charge is 2.29. The zero-order valence-corrected chi connectivity index (χ0v) is 17.0. The Balaban J connectivity index is 1.63. The van der Waals surface area contributed by atoms with E-state index in [-0.39, 0.29) is 17.8 Å². The zero-order valence-electron chi connectivity index (χ0n) is 17.0. The first kappa shape index (κ1) is 20.5. The number of nitrogens with zero attached hydrogens (tertiary/aromatic N) is 5. The highest BCUT2D eigenvalue weighted by molar-refractivity contribution is 5.76. The van der Waals surface area contributed by atoms with Gasteiger partial charge in [0.1, 0.15) is 18.0 Å². The second kappa shape index (κ2) is 9.28. The third-order valence-corrected chi connectivity index (χ3v) is 5.54. The first-order valence-corrected chi connectivity index (χ1v) is 10.0. The minimum Gasteiger partial charge on any atom is -0.341 e. The highest BCUT2D eigenvalue weighted by Crippen LogP contribution is 2.21. The normalized spacial score (nSPS) is 18.5. The van der Waals surface area contributed by atoms with Crippen LogP contribution in [0.3, 0.4) is 0 Å². The number of aryl methyl sites for hydroxylation is 2. The van der Waals surface area contributed by atoms with E-state index in [0.717, 1.165) is 44.0 Å². The van der Waals surface area contributed by atoms with Crippen LogP contribution in [0.15, 0.2) is 30.6 Å². The Hall–Kier alpha value is -2.28. The van der Waals surface area contributed by atoms with E-state index in [1.54, 1.807) is 6.33 Å². The minimum absolute atomic E-state index is 0.178. The third-order valence-electron chi connectivity index (χ3n) is 5.54. The van der Waals surface area contributed by atoms with Gasteiger partial charge >= 0.3 is 0 Å². The first-order valence-electron chi connectivity index (χ1n) is 10.0. The third kappa shape index (κ3) is 5.16. The molecule has 3 rings (SSSR count). The lowest BCUT2D eigenvalue weighted by molar-refractivity contribution is -0.131. The number of carbonyl (C=O) groups excluding carboxylic acids is 1. The van der Waals surface area contributed by atoms with Gasteiger partial charge in [0.05, 0.1) is 0 Å².